The molecule has 0 saturated heterocycles. The van der Waals surface area contributed by atoms with Crippen molar-refractivity contribution in [3.63, 3.8) is 0 Å². The van der Waals surface area contributed by atoms with Crippen molar-refractivity contribution in [3.8, 4) is 11.3 Å². The van der Waals surface area contributed by atoms with Crippen LogP contribution in [-0.2, 0) is 5.41 Å². The molecule has 0 unspecified atom stereocenters. The number of hydrogen-bond acceptors (Lipinski definition) is 3. The molecule has 3 heterocycles. The predicted molar refractivity (Wildman–Crippen MR) is 133 cm³/mol. The monoisotopic (exact) mass is 421 g/mol. The first-order chi connectivity index (χ1) is 14.9. The van der Waals surface area contributed by atoms with Crippen LogP contribution in [0.5, 0.6) is 0 Å². The summed E-state index contributed by atoms with van der Waals surface area (Å²) in [5.41, 5.74) is 5.77. The maximum Gasteiger partial charge on any atom is 0.143 e. The highest BCUT2D eigenvalue weighted by atomic mass is 32.1. The second-order valence-corrected chi connectivity index (χ2v) is 10.4. The number of fused-ring (bicyclic) bond motifs is 6. The molecule has 0 bridgehead atoms. The normalized spacial score (nSPS) is 12.5. The molecular formula is C28H23NOS. The zero-order valence-electron chi connectivity index (χ0n) is 18.1. The minimum Gasteiger partial charge on any atom is -0.463 e. The van der Waals surface area contributed by atoms with Gasteiger partial charge in [-0.15, -0.1) is 11.3 Å². The molecule has 0 aliphatic carbocycles. The Labute approximate surface area is 185 Å². The zero-order chi connectivity index (χ0) is 21.3. The average molecular weight is 422 g/mol. The lowest BCUT2D eigenvalue weighted by molar-refractivity contribution is 0.596. The number of aromatic nitrogens is 1. The van der Waals surface area contributed by atoms with Crippen LogP contribution in [0.25, 0.3) is 53.2 Å². The molecule has 152 valence electrons. The van der Waals surface area contributed by atoms with Crippen molar-refractivity contribution in [2.24, 2.45) is 0 Å². The highest BCUT2D eigenvalue weighted by Gasteiger charge is 2.21. The van der Waals surface area contributed by atoms with Gasteiger partial charge in [-0.1, -0.05) is 45.0 Å². The van der Waals surface area contributed by atoms with E-state index in [0.29, 0.717) is 0 Å². The Bertz CT molecular complexity index is 1630. The number of thiophene rings is 1. The lowest BCUT2D eigenvalue weighted by Crippen LogP contribution is -2.12. The number of hydrogen-bond donors (Lipinski definition) is 0. The highest BCUT2D eigenvalue weighted by Crippen LogP contribution is 2.44. The van der Waals surface area contributed by atoms with Crippen molar-refractivity contribution in [2.75, 3.05) is 0 Å². The molecular weight excluding hydrogens is 398 g/mol. The van der Waals surface area contributed by atoms with Crippen molar-refractivity contribution in [2.45, 2.75) is 33.1 Å². The summed E-state index contributed by atoms with van der Waals surface area (Å²) >= 11 is 1.80. The van der Waals surface area contributed by atoms with Crippen LogP contribution in [0.15, 0.2) is 71.5 Å². The van der Waals surface area contributed by atoms with Gasteiger partial charge in [0, 0.05) is 32.6 Å². The van der Waals surface area contributed by atoms with Crippen LogP contribution in [0.4, 0.5) is 0 Å². The molecule has 2 nitrogen and oxygen atoms in total. The van der Waals surface area contributed by atoms with E-state index in [0.717, 1.165) is 11.3 Å². The fraction of sp³-hybridized carbons (Fsp3) is 0.179. The molecule has 0 radical (unpaired) electrons. The van der Waals surface area contributed by atoms with Gasteiger partial charge in [0.05, 0.1) is 16.7 Å². The number of pyridine rings is 1. The third kappa shape index (κ3) is 2.73. The summed E-state index contributed by atoms with van der Waals surface area (Å²) in [4.78, 5) is 4.87. The largest absolute Gasteiger partial charge is 0.463 e. The van der Waals surface area contributed by atoms with Gasteiger partial charge in [-0.3, -0.25) is 4.98 Å². The first kappa shape index (κ1) is 18.6. The molecule has 3 aromatic heterocycles. The quantitative estimate of drug-likeness (QED) is 0.265. The maximum absolute atomic E-state index is 5.98. The molecule has 0 amide bonds. The van der Waals surface area contributed by atoms with E-state index in [1.165, 1.54) is 53.0 Å². The zero-order valence-corrected chi connectivity index (χ0v) is 18.9. The van der Waals surface area contributed by atoms with Gasteiger partial charge in [0.15, 0.2) is 0 Å². The second kappa shape index (κ2) is 6.41. The summed E-state index contributed by atoms with van der Waals surface area (Å²) in [6, 6.07) is 19.8. The van der Waals surface area contributed by atoms with Crippen LogP contribution in [0, 0.1) is 6.92 Å². The van der Waals surface area contributed by atoms with E-state index < -0.39 is 0 Å². The van der Waals surface area contributed by atoms with E-state index in [4.69, 9.17) is 9.40 Å². The Morgan fingerprint density at radius 3 is 2.58 bits per heavy atom. The van der Waals surface area contributed by atoms with E-state index >= 15 is 0 Å². The van der Waals surface area contributed by atoms with Crippen LogP contribution < -0.4 is 0 Å². The third-order valence-corrected chi connectivity index (χ3v) is 7.40. The van der Waals surface area contributed by atoms with Crippen LogP contribution in [0.2, 0.25) is 0 Å². The molecule has 6 aromatic rings. The topological polar surface area (TPSA) is 26.0 Å². The Morgan fingerprint density at radius 1 is 0.903 bits per heavy atom. The lowest BCUT2D eigenvalue weighted by Gasteiger charge is -2.22. The molecule has 0 aliphatic heterocycles. The molecule has 31 heavy (non-hydrogen) atoms. The predicted octanol–water partition coefficient (Wildman–Crippen LogP) is 8.62. The summed E-state index contributed by atoms with van der Waals surface area (Å²) in [7, 11) is 0. The molecule has 0 fully saturated rings. The Kier molecular flexibility index (Phi) is 3.85. The summed E-state index contributed by atoms with van der Waals surface area (Å²) in [5, 5.41) is 6.18. The summed E-state index contributed by atoms with van der Waals surface area (Å²) in [6.07, 6.45) is 3.79. The first-order valence-electron chi connectivity index (χ1n) is 10.6. The van der Waals surface area contributed by atoms with Gasteiger partial charge in [0.1, 0.15) is 5.58 Å². The molecule has 0 aliphatic rings. The van der Waals surface area contributed by atoms with Gasteiger partial charge >= 0.3 is 0 Å². The highest BCUT2D eigenvalue weighted by molar-refractivity contribution is 7.26. The molecule has 0 atom stereocenters. The van der Waals surface area contributed by atoms with E-state index in [2.05, 4.69) is 82.3 Å². The van der Waals surface area contributed by atoms with Gasteiger partial charge in [0.25, 0.3) is 0 Å². The first-order valence-corrected chi connectivity index (χ1v) is 11.4. The molecule has 3 aromatic carbocycles. The standard InChI is InChI=1S/C28H23NOS/c1-16-15-30-26-19(16)9-10-23-24(26)21-11-12-29-25(27(21)31-23)18-13-17-7-5-6-8-20(17)22(14-18)28(2,3)4/h5-15H,1-4H3. The van der Waals surface area contributed by atoms with Gasteiger partial charge in [0.2, 0.25) is 0 Å². The summed E-state index contributed by atoms with van der Waals surface area (Å²) in [6.45, 7) is 8.94. The third-order valence-electron chi connectivity index (χ3n) is 6.23. The molecule has 0 saturated carbocycles. The molecule has 0 N–H and O–H groups in total. The van der Waals surface area contributed by atoms with Crippen molar-refractivity contribution in [1.29, 1.82) is 0 Å². The van der Waals surface area contributed by atoms with E-state index in [9.17, 15) is 0 Å². The Balaban J connectivity index is 1.71. The minimum atomic E-state index is 0.0432. The van der Waals surface area contributed by atoms with E-state index in [-0.39, 0.29) is 5.41 Å². The maximum atomic E-state index is 5.98. The van der Waals surface area contributed by atoms with Crippen LogP contribution in [-0.4, -0.2) is 4.98 Å². The van der Waals surface area contributed by atoms with Crippen LogP contribution in [0.3, 0.4) is 0 Å². The number of rotatable bonds is 1. The van der Waals surface area contributed by atoms with Crippen molar-refractivity contribution >= 4 is 53.3 Å². The smallest absolute Gasteiger partial charge is 0.143 e. The van der Waals surface area contributed by atoms with E-state index in [1.807, 2.05) is 12.5 Å². The number of nitrogens with zero attached hydrogens (tertiary/aromatic N) is 1. The van der Waals surface area contributed by atoms with Gasteiger partial charge in [-0.2, -0.15) is 0 Å². The van der Waals surface area contributed by atoms with Gasteiger partial charge < -0.3 is 4.42 Å². The second-order valence-electron chi connectivity index (χ2n) is 9.37. The Morgan fingerprint density at radius 2 is 1.74 bits per heavy atom. The molecule has 0 spiro atoms. The van der Waals surface area contributed by atoms with Crippen molar-refractivity contribution < 1.29 is 4.42 Å². The molecule has 3 heteroatoms. The number of benzene rings is 3. The number of aryl methyl sites for hydroxylation is 1. The van der Waals surface area contributed by atoms with Crippen molar-refractivity contribution in [1.82, 2.24) is 4.98 Å². The SMILES string of the molecule is Cc1coc2c1ccc1sc3c(-c4cc(C(C)(C)C)c5ccccc5c4)nccc3c12. The van der Waals surface area contributed by atoms with Crippen LogP contribution >= 0.6 is 11.3 Å². The fourth-order valence-electron chi connectivity index (χ4n) is 4.68. The minimum absolute atomic E-state index is 0.0432. The summed E-state index contributed by atoms with van der Waals surface area (Å²) in [5.74, 6) is 0. The number of furan rings is 1. The Hall–Kier alpha value is -3.17. The van der Waals surface area contributed by atoms with Gasteiger partial charge in [-0.25, -0.2) is 0 Å². The fourth-order valence-corrected chi connectivity index (χ4v) is 5.89. The molecule has 6 rings (SSSR count). The van der Waals surface area contributed by atoms with Crippen molar-refractivity contribution in [3.05, 3.63) is 78.2 Å². The average Bonchev–Trinajstić information content (AvgIpc) is 3.32. The van der Waals surface area contributed by atoms with Crippen LogP contribution in [0.1, 0.15) is 31.9 Å². The summed E-state index contributed by atoms with van der Waals surface area (Å²) < 4.78 is 8.44. The van der Waals surface area contributed by atoms with E-state index in [1.54, 1.807) is 11.3 Å². The lowest BCUT2D eigenvalue weighted by atomic mass is 9.82. The van der Waals surface area contributed by atoms with Gasteiger partial charge in [-0.05, 0) is 64.6 Å².